The van der Waals surface area contributed by atoms with E-state index in [1.165, 1.54) is 11.9 Å². The van der Waals surface area contributed by atoms with Gasteiger partial charge in [-0.3, -0.25) is 4.79 Å². The maximum absolute atomic E-state index is 13.1. The fourth-order valence-corrected chi connectivity index (χ4v) is 4.52. The second-order valence-corrected chi connectivity index (χ2v) is 8.50. The molecule has 1 aliphatic heterocycles. The van der Waals surface area contributed by atoms with Gasteiger partial charge in [-0.1, -0.05) is 68.4 Å². The Morgan fingerprint density at radius 1 is 0.964 bits per heavy atom. The van der Waals surface area contributed by atoms with Crippen LogP contribution >= 0.6 is 0 Å². The Hall–Kier alpha value is -3.08. The molecule has 0 radical (unpaired) electrons. The van der Waals surface area contributed by atoms with Gasteiger partial charge in [0.2, 0.25) is 5.95 Å². The van der Waals surface area contributed by atoms with Crippen molar-refractivity contribution in [3.8, 4) is 11.1 Å². The van der Waals surface area contributed by atoms with Crippen LogP contribution in [-0.2, 0) is 4.79 Å². The highest BCUT2D eigenvalue weighted by atomic mass is 16.1. The maximum atomic E-state index is 13.1. The normalized spacial score (nSPS) is 22.9. The lowest BCUT2D eigenvalue weighted by atomic mass is 9.67. The molecule has 5 rings (SSSR count). The quantitative estimate of drug-likeness (QED) is 0.661. The molecule has 0 N–H and O–H groups in total. The van der Waals surface area contributed by atoms with Crippen LogP contribution in [0.15, 0.2) is 65.9 Å². The Morgan fingerprint density at radius 3 is 2.43 bits per heavy atom. The molecule has 5 nitrogen and oxygen atoms in total. The molecule has 1 aromatic heterocycles. The smallest absolute Gasteiger partial charge is 0.248 e. The first-order valence-corrected chi connectivity index (χ1v) is 9.67. The Balaban J connectivity index is 1.57. The third-order valence-corrected chi connectivity index (χ3v) is 5.75. The summed E-state index contributed by atoms with van der Waals surface area (Å²) in [7, 11) is 0. The fraction of sp³-hybridized carbons (Fsp3) is 0.304. The summed E-state index contributed by atoms with van der Waals surface area (Å²) < 4.78 is 1.81. The molecule has 2 unspecified atom stereocenters. The van der Waals surface area contributed by atoms with Gasteiger partial charge in [0.25, 0.3) is 0 Å². The van der Waals surface area contributed by atoms with Crippen molar-refractivity contribution in [1.82, 2.24) is 14.8 Å². The molecule has 2 atom stereocenters. The predicted octanol–water partition coefficient (Wildman–Crippen LogP) is 4.63. The van der Waals surface area contributed by atoms with E-state index in [4.69, 9.17) is 4.99 Å². The number of aromatic nitrogens is 3. The summed E-state index contributed by atoms with van der Waals surface area (Å²) in [6, 6.07) is 18.6. The van der Waals surface area contributed by atoms with E-state index in [1.807, 2.05) is 22.9 Å². The van der Waals surface area contributed by atoms with Crippen LogP contribution in [0.5, 0.6) is 0 Å². The summed E-state index contributed by atoms with van der Waals surface area (Å²) in [5.41, 5.74) is 4.28. The van der Waals surface area contributed by atoms with Gasteiger partial charge in [-0.05, 0) is 28.5 Å². The lowest BCUT2D eigenvalue weighted by molar-refractivity contribution is -0.124. The van der Waals surface area contributed by atoms with Crippen molar-refractivity contribution in [2.45, 2.75) is 32.7 Å². The lowest BCUT2D eigenvalue weighted by Crippen LogP contribution is -2.44. The summed E-state index contributed by atoms with van der Waals surface area (Å²) in [5, 5.41) is 4.40. The fourth-order valence-electron chi connectivity index (χ4n) is 4.52. The summed E-state index contributed by atoms with van der Waals surface area (Å²) in [4.78, 5) is 22.1. The average Bonchev–Trinajstić information content (AvgIpc) is 3.14. The molecule has 1 fully saturated rings. The molecular weight excluding hydrogens is 348 g/mol. The molecule has 2 aromatic carbocycles. The monoisotopic (exact) mass is 370 g/mol. The first kappa shape index (κ1) is 17.0. The van der Waals surface area contributed by atoms with E-state index in [2.05, 4.69) is 60.3 Å². The van der Waals surface area contributed by atoms with Gasteiger partial charge in [0.15, 0.2) is 0 Å². The Bertz CT molecular complexity index is 1060. The first-order chi connectivity index (χ1) is 13.5. The number of hydrogen-bond donors (Lipinski definition) is 0. The SMILES string of the molecule is CC1(C)CC(=O)C2C(=Nc3ncnn3C2c2ccc(-c3ccccc3)cc2)C1. The number of fused-ring (bicyclic) bond motifs is 2. The highest BCUT2D eigenvalue weighted by Crippen LogP contribution is 2.44. The standard InChI is InChI=1S/C23H22N4O/c1-23(2)12-18-20(19(28)13-23)21(27-22(26-18)24-14-25-27)17-10-8-16(9-11-17)15-6-4-3-5-7-15/h3-11,14,20-21H,12-13H2,1-2H3. The maximum Gasteiger partial charge on any atom is 0.248 e. The molecule has 0 saturated heterocycles. The number of hydrogen-bond acceptors (Lipinski definition) is 4. The van der Waals surface area contributed by atoms with Crippen molar-refractivity contribution < 1.29 is 4.79 Å². The van der Waals surface area contributed by atoms with E-state index in [0.29, 0.717) is 12.4 Å². The van der Waals surface area contributed by atoms with E-state index in [-0.39, 0.29) is 23.2 Å². The second kappa shape index (κ2) is 6.23. The minimum atomic E-state index is -0.259. The van der Waals surface area contributed by atoms with Crippen LogP contribution in [0.25, 0.3) is 11.1 Å². The summed E-state index contributed by atoms with van der Waals surface area (Å²) in [6.45, 7) is 4.26. The van der Waals surface area contributed by atoms with Crippen molar-refractivity contribution in [3.63, 3.8) is 0 Å². The van der Waals surface area contributed by atoms with Crippen molar-refractivity contribution in [3.05, 3.63) is 66.5 Å². The van der Waals surface area contributed by atoms with Crippen molar-refractivity contribution >= 4 is 17.4 Å². The van der Waals surface area contributed by atoms with Crippen LogP contribution < -0.4 is 0 Å². The van der Waals surface area contributed by atoms with Gasteiger partial charge in [-0.15, -0.1) is 0 Å². The van der Waals surface area contributed by atoms with Crippen molar-refractivity contribution in [1.29, 1.82) is 0 Å². The van der Waals surface area contributed by atoms with Gasteiger partial charge in [-0.25, -0.2) is 9.67 Å². The summed E-state index contributed by atoms with van der Waals surface area (Å²) in [5.74, 6) is 0.576. The first-order valence-electron chi connectivity index (χ1n) is 9.67. The third kappa shape index (κ3) is 2.78. The zero-order valence-corrected chi connectivity index (χ0v) is 16.0. The van der Waals surface area contributed by atoms with Gasteiger partial charge in [0.05, 0.1) is 12.0 Å². The van der Waals surface area contributed by atoms with Crippen LogP contribution in [-0.4, -0.2) is 26.3 Å². The van der Waals surface area contributed by atoms with Crippen LogP contribution in [0.3, 0.4) is 0 Å². The number of aliphatic imine (C=N–C) groups is 1. The molecule has 1 aliphatic carbocycles. The van der Waals surface area contributed by atoms with E-state index < -0.39 is 0 Å². The Labute approximate surface area is 164 Å². The second-order valence-electron chi connectivity index (χ2n) is 8.50. The van der Waals surface area contributed by atoms with Gasteiger partial charge >= 0.3 is 0 Å². The largest absolute Gasteiger partial charge is 0.299 e. The molecule has 0 bridgehead atoms. The van der Waals surface area contributed by atoms with Gasteiger partial charge < -0.3 is 0 Å². The highest BCUT2D eigenvalue weighted by molar-refractivity contribution is 6.09. The number of carbonyl (C=O) groups is 1. The number of rotatable bonds is 2. The molecule has 0 spiro atoms. The van der Waals surface area contributed by atoms with Crippen molar-refractivity contribution in [2.24, 2.45) is 16.3 Å². The molecule has 3 aromatic rings. The molecule has 1 saturated carbocycles. The number of ketones is 1. The predicted molar refractivity (Wildman–Crippen MR) is 109 cm³/mol. The van der Waals surface area contributed by atoms with Crippen LogP contribution in [0.4, 0.5) is 5.95 Å². The minimum Gasteiger partial charge on any atom is -0.299 e. The van der Waals surface area contributed by atoms with Crippen LogP contribution in [0.2, 0.25) is 0 Å². The number of nitrogens with zero attached hydrogens (tertiary/aromatic N) is 4. The van der Waals surface area contributed by atoms with Gasteiger partial charge in [0, 0.05) is 12.1 Å². The molecule has 0 amide bonds. The van der Waals surface area contributed by atoms with Gasteiger partial charge in [-0.2, -0.15) is 10.1 Å². The van der Waals surface area contributed by atoms with E-state index >= 15 is 0 Å². The number of benzene rings is 2. The van der Waals surface area contributed by atoms with Gasteiger partial charge in [0.1, 0.15) is 12.1 Å². The molecule has 28 heavy (non-hydrogen) atoms. The Kier molecular flexibility index (Phi) is 3.79. The molecule has 5 heteroatoms. The van der Waals surface area contributed by atoms with Crippen LogP contribution in [0, 0.1) is 11.3 Å². The van der Waals surface area contributed by atoms with E-state index in [1.54, 1.807) is 0 Å². The molecule has 2 heterocycles. The molecule has 140 valence electrons. The average molecular weight is 370 g/mol. The Morgan fingerprint density at radius 2 is 1.68 bits per heavy atom. The van der Waals surface area contributed by atoms with E-state index in [9.17, 15) is 4.79 Å². The number of carbonyl (C=O) groups excluding carboxylic acids is 1. The summed E-state index contributed by atoms with van der Waals surface area (Å²) >= 11 is 0. The van der Waals surface area contributed by atoms with E-state index in [0.717, 1.165) is 23.3 Å². The lowest BCUT2D eigenvalue weighted by Gasteiger charge is -2.40. The highest BCUT2D eigenvalue weighted by Gasteiger charge is 2.46. The minimum absolute atomic E-state index is 0.0592. The molecule has 2 aliphatic rings. The zero-order chi connectivity index (χ0) is 19.3. The van der Waals surface area contributed by atoms with Crippen LogP contribution in [0.1, 0.15) is 38.3 Å². The molecular formula is C23H22N4O. The summed E-state index contributed by atoms with van der Waals surface area (Å²) in [6.07, 6.45) is 2.91. The third-order valence-electron chi connectivity index (χ3n) is 5.75. The number of Topliss-reactive ketones (excluding diaryl/α,β-unsaturated/α-hetero) is 1. The topological polar surface area (TPSA) is 60.1 Å². The van der Waals surface area contributed by atoms with Crippen molar-refractivity contribution in [2.75, 3.05) is 0 Å². The zero-order valence-electron chi connectivity index (χ0n) is 16.0.